The number of aromatic nitrogens is 3. The first-order valence-corrected chi connectivity index (χ1v) is 9.58. The fourth-order valence-electron chi connectivity index (χ4n) is 2.80. The van der Waals surface area contributed by atoms with Gasteiger partial charge in [-0.15, -0.1) is 5.10 Å². The number of rotatable bonds is 9. The zero-order valence-electron chi connectivity index (χ0n) is 17.0. The Morgan fingerprint density at radius 1 is 1.22 bits per heavy atom. The van der Waals surface area contributed by atoms with Gasteiger partial charge in [-0.05, 0) is 31.2 Å². The van der Waals surface area contributed by atoms with Crippen molar-refractivity contribution >= 4 is 34.2 Å². The van der Waals surface area contributed by atoms with Crippen LogP contribution in [0.25, 0.3) is 10.9 Å². The van der Waals surface area contributed by atoms with Crippen LogP contribution in [-0.4, -0.2) is 45.0 Å². The third-order valence-corrected chi connectivity index (χ3v) is 4.27. The van der Waals surface area contributed by atoms with E-state index in [2.05, 4.69) is 15.6 Å². The minimum absolute atomic E-state index is 0.0579. The average Bonchev–Trinajstić information content (AvgIpc) is 2.78. The van der Waals surface area contributed by atoms with Crippen molar-refractivity contribution in [3.63, 3.8) is 0 Å². The van der Waals surface area contributed by atoms with Crippen molar-refractivity contribution in [1.82, 2.24) is 15.0 Å². The second kappa shape index (κ2) is 10.1. The monoisotopic (exact) mass is 441 g/mol. The van der Waals surface area contributed by atoms with Crippen LogP contribution in [0, 0.1) is 10.1 Å². The van der Waals surface area contributed by atoms with E-state index in [0.717, 1.165) is 4.68 Å². The Morgan fingerprint density at radius 3 is 2.75 bits per heavy atom. The first-order valence-electron chi connectivity index (χ1n) is 9.58. The molecule has 2 aromatic carbocycles. The van der Waals surface area contributed by atoms with Gasteiger partial charge in [0.1, 0.15) is 17.0 Å². The number of benzene rings is 2. The summed E-state index contributed by atoms with van der Waals surface area (Å²) in [5.74, 6) is -1.22. The number of hydrogen-bond donors (Lipinski definition) is 1. The van der Waals surface area contributed by atoms with Crippen LogP contribution < -0.4 is 15.6 Å². The molecule has 1 aromatic heterocycles. The Morgan fingerprint density at radius 2 is 2.00 bits per heavy atom. The van der Waals surface area contributed by atoms with E-state index in [9.17, 15) is 24.5 Å². The number of carbonyl (C=O) groups excluding carboxylic acids is 2. The molecular formula is C20H19N5O7. The summed E-state index contributed by atoms with van der Waals surface area (Å²) in [7, 11) is 0. The van der Waals surface area contributed by atoms with Crippen molar-refractivity contribution in [1.29, 1.82) is 0 Å². The highest BCUT2D eigenvalue weighted by Crippen LogP contribution is 2.29. The number of fused-ring (bicyclic) bond motifs is 1. The Hall–Kier alpha value is -4.35. The first kappa shape index (κ1) is 22.3. The summed E-state index contributed by atoms with van der Waals surface area (Å²) in [5, 5.41) is 21.6. The van der Waals surface area contributed by atoms with E-state index >= 15 is 0 Å². The van der Waals surface area contributed by atoms with Gasteiger partial charge >= 0.3 is 5.97 Å². The zero-order valence-corrected chi connectivity index (χ0v) is 17.0. The topological polar surface area (TPSA) is 156 Å². The van der Waals surface area contributed by atoms with E-state index in [4.69, 9.17) is 9.47 Å². The van der Waals surface area contributed by atoms with Crippen molar-refractivity contribution < 1.29 is 24.0 Å². The maximum absolute atomic E-state index is 12.3. The number of nitro groups is 1. The highest BCUT2D eigenvalue weighted by atomic mass is 16.6. The molecule has 1 N–H and O–H groups in total. The van der Waals surface area contributed by atoms with Gasteiger partial charge in [0.15, 0.2) is 6.61 Å². The van der Waals surface area contributed by atoms with Crippen LogP contribution in [0.4, 0.5) is 11.4 Å². The standard InChI is InChI=1S/C20H19N5O7/c1-2-31-13-7-8-16(17(11-13)25(29)30)21-18(26)12-32-19(27)9-10-24-20(28)14-5-3-4-6-15(14)22-23-24/h3-8,11H,2,9-10,12H2,1H3,(H,21,26). The highest BCUT2D eigenvalue weighted by molar-refractivity contribution is 5.95. The summed E-state index contributed by atoms with van der Waals surface area (Å²) < 4.78 is 11.1. The molecular weight excluding hydrogens is 422 g/mol. The van der Waals surface area contributed by atoms with Gasteiger partial charge in [-0.25, -0.2) is 4.68 Å². The van der Waals surface area contributed by atoms with Crippen LogP contribution in [0.3, 0.4) is 0 Å². The Balaban J connectivity index is 1.54. The second-order valence-electron chi connectivity index (χ2n) is 6.46. The maximum Gasteiger partial charge on any atom is 0.308 e. The highest BCUT2D eigenvalue weighted by Gasteiger charge is 2.18. The van der Waals surface area contributed by atoms with Gasteiger partial charge < -0.3 is 14.8 Å². The van der Waals surface area contributed by atoms with Gasteiger partial charge in [0, 0.05) is 0 Å². The largest absolute Gasteiger partial charge is 0.494 e. The molecule has 1 amide bonds. The van der Waals surface area contributed by atoms with Gasteiger partial charge in [0.2, 0.25) is 0 Å². The first-order chi connectivity index (χ1) is 15.4. The number of anilines is 1. The van der Waals surface area contributed by atoms with Crippen LogP contribution >= 0.6 is 0 Å². The van der Waals surface area contributed by atoms with E-state index in [1.54, 1.807) is 31.2 Å². The number of carbonyl (C=O) groups is 2. The van der Waals surface area contributed by atoms with Crippen molar-refractivity contribution in [3.8, 4) is 5.75 Å². The molecule has 0 aliphatic carbocycles. The van der Waals surface area contributed by atoms with Crippen molar-refractivity contribution in [3.05, 3.63) is 62.9 Å². The Kier molecular flexibility index (Phi) is 7.06. The zero-order chi connectivity index (χ0) is 23.1. The van der Waals surface area contributed by atoms with Gasteiger partial charge in [-0.3, -0.25) is 24.5 Å². The molecule has 0 unspecified atom stereocenters. The summed E-state index contributed by atoms with van der Waals surface area (Å²) >= 11 is 0. The minimum atomic E-state index is -0.756. The molecule has 3 aromatic rings. The molecule has 32 heavy (non-hydrogen) atoms. The molecule has 166 valence electrons. The number of nitrogens with one attached hydrogen (secondary N) is 1. The smallest absolute Gasteiger partial charge is 0.308 e. The second-order valence-corrected chi connectivity index (χ2v) is 6.46. The molecule has 12 heteroatoms. The lowest BCUT2D eigenvalue weighted by atomic mass is 10.2. The summed E-state index contributed by atoms with van der Waals surface area (Å²) in [6.07, 6.45) is -0.219. The molecule has 0 fully saturated rings. The summed E-state index contributed by atoms with van der Waals surface area (Å²) in [6, 6.07) is 10.7. The quantitative estimate of drug-likeness (QED) is 0.296. The lowest BCUT2D eigenvalue weighted by molar-refractivity contribution is -0.384. The molecule has 0 atom stereocenters. The third-order valence-electron chi connectivity index (χ3n) is 4.27. The van der Waals surface area contributed by atoms with E-state index in [-0.39, 0.29) is 30.1 Å². The van der Waals surface area contributed by atoms with Gasteiger partial charge in [0.25, 0.3) is 17.2 Å². The fourth-order valence-corrected chi connectivity index (χ4v) is 2.80. The fraction of sp³-hybridized carbons (Fsp3) is 0.250. The lowest BCUT2D eigenvalue weighted by Gasteiger charge is -2.09. The SMILES string of the molecule is CCOc1ccc(NC(=O)COC(=O)CCn2nnc3ccccc3c2=O)c([N+](=O)[O-])c1. The molecule has 0 saturated heterocycles. The Bertz CT molecular complexity index is 1220. The van der Waals surface area contributed by atoms with Gasteiger partial charge in [-0.1, -0.05) is 17.3 Å². The van der Waals surface area contributed by atoms with E-state index in [1.807, 2.05) is 0 Å². The van der Waals surface area contributed by atoms with Crippen molar-refractivity contribution in [2.45, 2.75) is 19.9 Å². The summed E-state index contributed by atoms with van der Waals surface area (Å²) in [5.41, 5.74) is -0.372. The van der Waals surface area contributed by atoms with Crippen LogP contribution in [0.2, 0.25) is 0 Å². The number of amides is 1. The van der Waals surface area contributed by atoms with E-state index < -0.39 is 29.0 Å². The molecule has 0 bridgehead atoms. The van der Waals surface area contributed by atoms with Crippen LogP contribution in [0.1, 0.15) is 13.3 Å². The van der Waals surface area contributed by atoms with E-state index in [1.165, 1.54) is 18.2 Å². The molecule has 0 aliphatic rings. The number of esters is 1. The molecule has 0 spiro atoms. The van der Waals surface area contributed by atoms with Crippen LogP contribution in [0.5, 0.6) is 5.75 Å². The number of aryl methyl sites for hydroxylation is 1. The van der Waals surface area contributed by atoms with Crippen LogP contribution in [-0.2, 0) is 20.9 Å². The van der Waals surface area contributed by atoms with Gasteiger partial charge in [-0.2, -0.15) is 0 Å². The summed E-state index contributed by atoms with van der Waals surface area (Å²) in [4.78, 5) is 46.9. The molecule has 0 saturated carbocycles. The Labute approximate surface area is 180 Å². The minimum Gasteiger partial charge on any atom is -0.494 e. The predicted octanol–water partition coefficient (Wildman–Crippen LogP) is 1.67. The normalized spacial score (nSPS) is 10.5. The number of ether oxygens (including phenoxy) is 2. The molecule has 12 nitrogen and oxygen atoms in total. The maximum atomic E-state index is 12.3. The molecule has 3 rings (SSSR count). The number of hydrogen-bond acceptors (Lipinski definition) is 9. The van der Waals surface area contributed by atoms with Crippen LogP contribution in [0.15, 0.2) is 47.3 Å². The number of nitro benzene ring substituents is 1. The predicted molar refractivity (Wildman–Crippen MR) is 112 cm³/mol. The van der Waals surface area contributed by atoms with Crippen molar-refractivity contribution in [2.75, 3.05) is 18.5 Å². The molecule has 0 radical (unpaired) electrons. The number of nitrogens with zero attached hydrogens (tertiary/aromatic N) is 4. The third kappa shape index (κ3) is 5.41. The van der Waals surface area contributed by atoms with E-state index in [0.29, 0.717) is 17.5 Å². The lowest BCUT2D eigenvalue weighted by Crippen LogP contribution is -2.26. The van der Waals surface area contributed by atoms with Gasteiger partial charge in [0.05, 0.1) is 35.9 Å². The molecule has 0 aliphatic heterocycles. The summed E-state index contributed by atoms with van der Waals surface area (Å²) in [6.45, 7) is 1.33. The average molecular weight is 441 g/mol. The van der Waals surface area contributed by atoms with Crippen molar-refractivity contribution in [2.24, 2.45) is 0 Å². The molecule has 1 heterocycles.